The number of halogens is 2. The second-order valence-corrected chi connectivity index (χ2v) is 12.6. The number of nitrogen functional groups attached to an aromatic ring is 1. The lowest BCUT2D eigenvalue weighted by molar-refractivity contribution is -0.137. The summed E-state index contributed by atoms with van der Waals surface area (Å²) in [7, 11) is 0. The fraction of sp³-hybridized carbons (Fsp3) is 0.500. The van der Waals surface area contributed by atoms with Crippen LogP contribution in [0.1, 0.15) is 27.0 Å². The second-order valence-electron chi connectivity index (χ2n) is 8.92. The molecule has 1 saturated heterocycles. The summed E-state index contributed by atoms with van der Waals surface area (Å²) in [5.41, 5.74) is 6.22. The molecule has 1 fully saturated rings. The number of aromatic nitrogens is 4. The average Bonchev–Trinajstić information content (AvgIpc) is 3.37. The van der Waals surface area contributed by atoms with Gasteiger partial charge in [0, 0.05) is 0 Å². The smallest absolute Gasteiger partial charge is 0.313 e. The van der Waals surface area contributed by atoms with E-state index in [1.165, 1.54) is 17.2 Å². The summed E-state index contributed by atoms with van der Waals surface area (Å²) in [6, 6.07) is 7.96. The van der Waals surface area contributed by atoms with Crippen LogP contribution < -0.4 is 15.3 Å². The van der Waals surface area contributed by atoms with Crippen molar-refractivity contribution in [1.82, 2.24) is 24.6 Å². The Morgan fingerprint density at radius 1 is 1.29 bits per heavy atom. The topological polar surface area (TPSA) is 159 Å². The third-order valence-corrected chi connectivity index (χ3v) is 8.53. The molecule has 1 aromatic carbocycles. The number of para-hydroxylation sites is 1. The normalized spacial score (nSPS) is 26.9. The largest absolute Gasteiger partial charge is 0.433 e. The predicted octanol–water partition coefficient (Wildman–Crippen LogP) is 2.61. The molecule has 0 spiro atoms. The van der Waals surface area contributed by atoms with Gasteiger partial charge in [0.2, 0.25) is 0 Å². The Balaban J connectivity index is 1.53. The molecule has 4 rings (SSSR count). The van der Waals surface area contributed by atoms with Crippen LogP contribution in [-0.4, -0.2) is 72.1 Å². The Kier molecular flexibility index (Phi) is 8.87. The van der Waals surface area contributed by atoms with E-state index in [1.54, 1.807) is 51.1 Å². The third-order valence-electron chi connectivity index (χ3n) is 5.60. The highest BCUT2D eigenvalue weighted by Crippen LogP contribution is 2.49. The highest BCUT2D eigenvalue weighted by Gasteiger charge is 2.58. The molecule has 0 bridgehead atoms. The van der Waals surface area contributed by atoms with Gasteiger partial charge >= 0.3 is 6.64 Å². The number of fused-ring (bicyclic) bond motifs is 1. The number of nitrogens with one attached hydrogen (secondary N) is 1. The number of hydrogen-bond acceptors (Lipinski definition) is 11. The minimum atomic E-state index is -3.41. The quantitative estimate of drug-likeness (QED) is 0.147. The molecule has 0 saturated carbocycles. The number of aliphatic hydroxyl groups is 2. The van der Waals surface area contributed by atoms with Crippen molar-refractivity contribution < 1.29 is 33.1 Å². The SMILES string of the molecule is CC(C)OC(O)[C@@H](C)NP(=S)(OC[C@H]1O[C@@H](n2cnc3c(N)ncnc32)[C@@](F)(Cl)[C@@H]1O)Oc1ccccc1. The van der Waals surface area contributed by atoms with Gasteiger partial charge in [-0.05, 0) is 44.7 Å². The van der Waals surface area contributed by atoms with Crippen molar-refractivity contribution in [3.63, 3.8) is 0 Å². The summed E-state index contributed by atoms with van der Waals surface area (Å²) in [6.45, 7) is 1.39. The molecular formula is C22H29ClFN6O6PS. The van der Waals surface area contributed by atoms with Crippen LogP contribution in [0.4, 0.5) is 10.2 Å². The molecule has 1 aliphatic rings. The van der Waals surface area contributed by atoms with Crippen molar-refractivity contribution in [2.75, 3.05) is 12.3 Å². The second kappa shape index (κ2) is 11.6. The maximum Gasteiger partial charge on any atom is 0.313 e. The minimum absolute atomic E-state index is 0.0915. The fourth-order valence-electron chi connectivity index (χ4n) is 3.74. The van der Waals surface area contributed by atoms with E-state index in [4.69, 9.17) is 47.7 Å². The zero-order valence-electron chi connectivity index (χ0n) is 20.7. The summed E-state index contributed by atoms with van der Waals surface area (Å²) in [5, 5.41) is 21.3. The van der Waals surface area contributed by atoms with E-state index in [0.717, 1.165) is 0 Å². The molecule has 3 heterocycles. The van der Waals surface area contributed by atoms with E-state index < -0.39 is 49.1 Å². The van der Waals surface area contributed by atoms with Gasteiger partial charge in [0.25, 0.3) is 5.13 Å². The van der Waals surface area contributed by atoms with Crippen molar-refractivity contribution in [2.24, 2.45) is 0 Å². The number of rotatable bonds is 11. The van der Waals surface area contributed by atoms with Crippen LogP contribution in [-0.2, 0) is 25.8 Å². The van der Waals surface area contributed by atoms with Crippen LogP contribution in [0.3, 0.4) is 0 Å². The molecule has 3 aromatic rings. The first-order valence-corrected chi connectivity index (χ1v) is 14.7. The molecule has 0 amide bonds. The van der Waals surface area contributed by atoms with Crippen molar-refractivity contribution in [3.05, 3.63) is 43.0 Å². The molecule has 38 heavy (non-hydrogen) atoms. The van der Waals surface area contributed by atoms with E-state index in [-0.39, 0.29) is 23.1 Å². The molecule has 16 heteroatoms. The van der Waals surface area contributed by atoms with Gasteiger partial charge in [-0.25, -0.2) is 24.4 Å². The number of alkyl halides is 2. The standard InChI is InChI=1S/C22H29ClFN6O6PS/c1-12(2)34-20(32)13(3)29-37(38,36-14-7-5-4-6-8-14)33-9-15-17(31)22(23,24)21(35-15)30-11-28-16-18(25)26-10-27-19(16)30/h4-8,10-13,15,17,20-21,31-32H,9H2,1-3H3,(H,29,38)(H2,25,26,27)/t13-,15-,17-,20?,21-,22-,37?/m1/s1. The molecule has 5 N–H and O–H groups in total. The van der Waals surface area contributed by atoms with E-state index in [1.807, 2.05) is 0 Å². The van der Waals surface area contributed by atoms with Crippen molar-refractivity contribution in [2.45, 2.75) is 62.8 Å². The minimum Gasteiger partial charge on any atom is -0.433 e. The Hall–Kier alpha value is -2.00. The number of imidazole rings is 1. The van der Waals surface area contributed by atoms with E-state index in [9.17, 15) is 10.2 Å². The van der Waals surface area contributed by atoms with Crippen LogP contribution in [0.2, 0.25) is 0 Å². The van der Waals surface area contributed by atoms with Gasteiger partial charge in [-0.15, -0.1) is 0 Å². The first kappa shape index (κ1) is 29.0. The fourth-order valence-corrected chi connectivity index (χ4v) is 6.52. The zero-order valence-corrected chi connectivity index (χ0v) is 23.2. The molecule has 0 radical (unpaired) electrons. The molecular weight excluding hydrogens is 562 g/mol. The van der Waals surface area contributed by atoms with Gasteiger partial charge in [0.1, 0.15) is 29.8 Å². The van der Waals surface area contributed by atoms with Gasteiger partial charge in [-0.3, -0.25) is 4.57 Å². The Morgan fingerprint density at radius 3 is 2.68 bits per heavy atom. The molecule has 1 aliphatic heterocycles. The lowest BCUT2D eigenvalue weighted by Crippen LogP contribution is -2.41. The van der Waals surface area contributed by atoms with Crippen LogP contribution in [0.15, 0.2) is 43.0 Å². The summed E-state index contributed by atoms with van der Waals surface area (Å²) < 4.78 is 39.9. The van der Waals surface area contributed by atoms with E-state index in [2.05, 4.69) is 20.0 Å². The number of ether oxygens (including phenoxy) is 2. The molecule has 7 atom stereocenters. The average molecular weight is 591 g/mol. The molecule has 2 aromatic heterocycles. The van der Waals surface area contributed by atoms with Crippen LogP contribution in [0.25, 0.3) is 11.2 Å². The van der Waals surface area contributed by atoms with Gasteiger partial charge in [0.15, 0.2) is 24.0 Å². The maximum atomic E-state index is 15.6. The molecule has 2 unspecified atom stereocenters. The van der Waals surface area contributed by atoms with Crippen LogP contribution in [0.5, 0.6) is 5.75 Å². The summed E-state index contributed by atoms with van der Waals surface area (Å²) in [4.78, 5) is 12.0. The molecule has 12 nitrogen and oxygen atoms in total. The zero-order chi connectivity index (χ0) is 27.7. The summed E-state index contributed by atoms with van der Waals surface area (Å²) in [6.07, 6.45) is -3.63. The number of benzene rings is 1. The summed E-state index contributed by atoms with van der Waals surface area (Å²) in [5.74, 6) is 0.494. The van der Waals surface area contributed by atoms with E-state index >= 15 is 4.39 Å². The number of nitrogens with zero attached hydrogens (tertiary/aromatic N) is 4. The highest BCUT2D eigenvalue weighted by molar-refractivity contribution is 8.09. The molecule has 208 valence electrons. The van der Waals surface area contributed by atoms with Crippen molar-refractivity contribution in [1.29, 1.82) is 0 Å². The monoisotopic (exact) mass is 590 g/mol. The Morgan fingerprint density at radius 2 is 2.00 bits per heavy atom. The first-order valence-electron chi connectivity index (χ1n) is 11.7. The van der Waals surface area contributed by atoms with Gasteiger partial charge in [-0.1, -0.05) is 29.8 Å². The Labute approximate surface area is 228 Å². The number of anilines is 1. The predicted molar refractivity (Wildman–Crippen MR) is 141 cm³/mol. The van der Waals surface area contributed by atoms with Gasteiger partial charge < -0.3 is 34.5 Å². The molecule has 0 aliphatic carbocycles. The van der Waals surface area contributed by atoms with Gasteiger partial charge in [-0.2, -0.15) is 0 Å². The lowest BCUT2D eigenvalue weighted by atomic mass is 10.1. The number of nitrogens with two attached hydrogens (primary N) is 1. The summed E-state index contributed by atoms with van der Waals surface area (Å²) >= 11 is 11.8. The van der Waals surface area contributed by atoms with Crippen molar-refractivity contribution >= 4 is 47.0 Å². The van der Waals surface area contributed by atoms with Crippen LogP contribution in [0, 0.1) is 0 Å². The van der Waals surface area contributed by atoms with Crippen molar-refractivity contribution in [3.8, 4) is 5.75 Å². The lowest BCUT2D eigenvalue weighted by Gasteiger charge is -2.30. The van der Waals surface area contributed by atoms with Crippen LogP contribution >= 0.6 is 18.2 Å². The Bertz CT molecular complexity index is 1290. The first-order chi connectivity index (χ1) is 17.9. The highest BCUT2D eigenvalue weighted by atomic mass is 35.5. The number of aliphatic hydroxyl groups excluding tert-OH is 2. The van der Waals surface area contributed by atoms with Gasteiger partial charge in [0.05, 0.1) is 25.1 Å². The number of hydrogen-bond donors (Lipinski definition) is 4. The third kappa shape index (κ3) is 6.24. The van der Waals surface area contributed by atoms with E-state index in [0.29, 0.717) is 5.75 Å². The maximum absolute atomic E-state index is 15.6.